The van der Waals surface area contributed by atoms with Crippen LogP contribution < -0.4 is 51.3 Å². The van der Waals surface area contributed by atoms with Gasteiger partial charge in [0, 0.05) is 85.0 Å². The first kappa shape index (κ1) is 84.9. The fraction of sp³-hybridized carbons (Fsp3) is 0.0526. The Morgan fingerprint density at radius 3 is 0.874 bits per heavy atom. The Morgan fingerprint density at radius 2 is 0.586 bits per heavy atom. The molecular weight excluding hydrogens is 2060 g/mol. The van der Waals surface area contributed by atoms with Gasteiger partial charge >= 0.3 is 0 Å². The largest absolute Gasteiger partial charge is 0.436 e. The Balaban J connectivity index is 0.000000157. The molecule has 16 rings (SSSR count). The highest BCUT2D eigenvalue weighted by Crippen LogP contribution is 2.45. The van der Waals surface area contributed by atoms with Gasteiger partial charge in [-0.3, -0.25) is 38.4 Å². The number of carbonyl (C=O) groups is 6. The molecule has 10 aromatic carbocycles. The van der Waals surface area contributed by atoms with Gasteiger partial charge in [-0.25, -0.2) is 29.1 Å². The van der Waals surface area contributed by atoms with Gasteiger partial charge in [0.15, 0.2) is 57.7 Å². The number of imide groups is 2. The Labute approximate surface area is 723 Å². The van der Waals surface area contributed by atoms with E-state index in [2.05, 4.69) is 57.4 Å². The molecule has 4 N–H and O–H groups in total. The third-order valence-corrected chi connectivity index (χ3v) is 18.6. The van der Waals surface area contributed by atoms with E-state index in [0.717, 1.165) is 14.5 Å². The number of rotatable bonds is 8. The quantitative estimate of drug-likeness (QED) is 0.0812. The molecule has 4 amide bonds. The lowest BCUT2D eigenvalue weighted by Gasteiger charge is -2.19. The van der Waals surface area contributed by atoms with Gasteiger partial charge in [0.1, 0.15) is 13.1 Å². The van der Waals surface area contributed by atoms with Gasteiger partial charge in [0.25, 0.3) is 34.7 Å². The highest BCUT2D eigenvalue weighted by Gasteiger charge is 2.39. The smallest absolute Gasteiger partial charge is 0.274 e. The summed E-state index contributed by atoms with van der Waals surface area (Å²) in [6.45, 7) is -0.00867. The van der Waals surface area contributed by atoms with Crippen LogP contribution in [-0.4, -0.2) is 79.6 Å². The van der Waals surface area contributed by atoms with Crippen molar-refractivity contribution in [3.8, 4) is 34.8 Å². The second-order valence-corrected chi connectivity index (χ2v) is 26.5. The van der Waals surface area contributed by atoms with E-state index in [0.29, 0.717) is 106 Å². The number of aromatic nitrogens is 4. The average molecular weight is 2100 g/mol. The molecule has 6 heterocycles. The minimum atomic E-state index is -0.461. The highest BCUT2D eigenvalue weighted by molar-refractivity contribution is 15.0. The molecule has 0 fully saturated rings. The van der Waals surface area contributed by atoms with E-state index >= 15 is 0 Å². The van der Waals surface area contributed by atoms with Crippen LogP contribution >= 0.6 is 177 Å². The summed E-state index contributed by atoms with van der Waals surface area (Å²) in [6, 6.07) is 53.0. The number of fused-ring (bicyclic) bond motifs is 6. The maximum Gasteiger partial charge on any atom is 0.274 e. The first-order chi connectivity index (χ1) is 52.8. The van der Waals surface area contributed by atoms with Crippen LogP contribution in [0.4, 0.5) is 25.6 Å². The summed E-state index contributed by atoms with van der Waals surface area (Å²) in [6.07, 6.45) is 0. The topological polar surface area (TPSA) is 292 Å². The zero-order valence-electron chi connectivity index (χ0n) is 56.5. The third kappa shape index (κ3) is 18.1. The molecule has 22 nitrogen and oxygen atoms in total. The summed E-state index contributed by atoms with van der Waals surface area (Å²) >= 11 is 55.0. The van der Waals surface area contributed by atoms with Gasteiger partial charge in [-0.1, -0.05) is 178 Å². The Kier molecular flexibility index (Phi) is 28.6. The fourth-order valence-corrected chi connectivity index (χ4v) is 13.7. The molecule has 564 valence electrons. The molecule has 4 aliphatic heterocycles. The number of hydrogen-bond donors (Lipinski definition) is 2. The van der Waals surface area contributed by atoms with Crippen LogP contribution in [-0.2, 0) is 14.1 Å². The average Bonchev–Trinajstić information content (AvgIpc) is 1.62. The highest BCUT2D eigenvalue weighted by atomic mass is 128. The van der Waals surface area contributed by atoms with Crippen molar-refractivity contribution in [1.82, 2.24) is 19.6 Å². The van der Waals surface area contributed by atoms with Crippen molar-refractivity contribution < 1.29 is 50.6 Å². The molecule has 2 aromatic heterocycles. The molecule has 0 saturated carbocycles. The number of anilines is 4. The van der Waals surface area contributed by atoms with E-state index in [9.17, 15) is 41.2 Å². The van der Waals surface area contributed by atoms with Crippen LogP contribution in [0.3, 0.4) is 0 Å². The zero-order valence-corrected chi connectivity index (χ0v) is 71.3. The molecule has 111 heavy (non-hydrogen) atoms. The van der Waals surface area contributed by atoms with Gasteiger partial charge in [0.05, 0.1) is 95.4 Å². The van der Waals surface area contributed by atoms with Crippen LogP contribution in [0.2, 0.25) is 40.2 Å². The van der Waals surface area contributed by atoms with Crippen LogP contribution in [0.15, 0.2) is 214 Å². The van der Waals surface area contributed by atoms with Crippen molar-refractivity contribution in [2.45, 2.75) is 0 Å². The van der Waals surface area contributed by atoms with E-state index < -0.39 is 23.6 Å². The molecule has 0 atom stereocenters. The number of nitrogens with zero attached hydrogens (tertiary/aromatic N) is 8. The predicted octanol–water partition coefficient (Wildman–Crippen LogP) is 20.6. The second-order valence-electron chi connectivity index (χ2n) is 23.2. The number of aryl methyl sites for hydroxylation is 2. The first-order valence-corrected chi connectivity index (χ1v) is 41.7. The Bertz CT molecular complexity index is 5840. The van der Waals surface area contributed by atoms with Crippen molar-refractivity contribution in [2.24, 2.45) is 24.1 Å². The molecular formula is C76H47Cl8FI4N10O12. The molecule has 4 aliphatic rings. The summed E-state index contributed by atoms with van der Waals surface area (Å²) in [5.74, 6) is -0.350. The van der Waals surface area contributed by atoms with E-state index in [1.807, 2.05) is 6.07 Å². The number of carbonyl (C=O) groups excluding carboxylic acids is 6. The molecule has 0 unspecified atom stereocenters. The van der Waals surface area contributed by atoms with E-state index in [1.165, 1.54) is 48.1 Å². The van der Waals surface area contributed by atoms with Crippen molar-refractivity contribution in [2.75, 3.05) is 34.4 Å². The summed E-state index contributed by atoms with van der Waals surface area (Å²) < 4.78 is 35.1. The second kappa shape index (κ2) is 37.4. The predicted molar refractivity (Wildman–Crippen MR) is 468 cm³/mol. The summed E-state index contributed by atoms with van der Waals surface area (Å²) in [5, 5.41) is 11.8. The summed E-state index contributed by atoms with van der Waals surface area (Å²) in [7, 11) is 3.06. The number of ketones is 2. The van der Waals surface area contributed by atoms with Gasteiger partial charge in [0.2, 0.25) is 23.6 Å². The molecule has 0 aliphatic carbocycles. The molecule has 12 aromatic rings. The third-order valence-electron chi connectivity index (χ3n) is 16.4. The summed E-state index contributed by atoms with van der Waals surface area (Å²) in [4.78, 5) is 110. The number of Topliss-reactive ketones (excluding diaryl/α,β-unsaturated/α-hetero) is 2. The molecule has 0 spiro atoms. The number of halogens is 13. The normalized spacial score (nSPS) is 12.8. The van der Waals surface area contributed by atoms with Crippen molar-refractivity contribution >= 4 is 268 Å². The van der Waals surface area contributed by atoms with Gasteiger partial charge in [-0.2, -0.15) is 2.86 Å². The SMILES string of the molecule is Cn1nc(Oc2c(Cl)cc(N)cc2Cl)c2ccccc2c1=O.Cn1nc(Oc2c(Cl)cc(N3C(=O)c4ccccc4C3=O)cc2Cl)c2ccccc2c1=O.FI.I.II.Nc1cc(Cl)c(OC2=NCC(=O)c3ccccc32)c(Cl)c1.O=C1CN=C(Oc2c(Cl)cc(N3C(=O)c4ccccc4C3=O)cc2Cl)c2ccccc21. The van der Waals surface area contributed by atoms with Crippen LogP contribution in [0.1, 0.15) is 73.3 Å². The number of amides is 4. The Hall–Kier alpha value is -8.59. The van der Waals surface area contributed by atoms with E-state index in [4.69, 9.17) is 123 Å². The lowest BCUT2D eigenvalue weighted by atomic mass is 10.0. The van der Waals surface area contributed by atoms with Gasteiger partial charge in [-0.15, -0.1) is 34.2 Å². The molecule has 0 saturated heterocycles. The van der Waals surface area contributed by atoms with E-state index in [-0.39, 0.29) is 152 Å². The number of benzene rings is 10. The maximum absolute atomic E-state index is 12.8. The zero-order chi connectivity index (χ0) is 79.1. The van der Waals surface area contributed by atoms with Crippen LogP contribution in [0.5, 0.6) is 34.8 Å². The molecule has 0 bridgehead atoms. The lowest BCUT2D eigenvalue weighted by Crippen LogP contribution is -2.29. The first-order valence-electron chi connectivity index (χ1n) is 31.5. The van der Waals surface area contributed by atoms with Gasteiger partial charge in [-0.05, 0) is 109 Å². The number of nitrogens with two attached hydrogens (primary N) is 2. The fourth-order valence-electron chi connectivity index (χ4n) is 11.4. The van der Waals surface area contributed by atoms with Crippen LogP contribution in [0.25, 0.3) is 21.5 Å². The molecule has 0 radical (unpaired) electrons. The van der Waals surface area contributed by atoms with Crippen LogP contribution in [0, 0.1) is 0 Å². The van der Waals surface area contributed by atoms with Crippen molar-refractivity contribution in [1.29, 1.82) is 0 Å². The standard InChI is InChI=1S/C23H13Cl2N3O4.C23H12Cl2N2O4.C15H11Cl2N3O2.C15H10Cl2N2O2.FI.I2.HI/c1-27-21(29)14-7-3-2-6-13(14)20(26-27)32-19-17(24)10-12(11-18(19)25)28-22(30)15-8-4-5-9-16(15)23(28)31;24-17-9-12(27-22(29)15-7-3-4-8-16(15)23(27)30)10-18(25)20(17)31-21-14-6-2-1-5-13(14)19(28)11-26-21;1-20-15(21)10-5-3-2-4-9(10)14(19-20)22-13-11(16)6-8(18)7-12(13)17;16-11-5-8(18)6-12(17)14(11)21-15-10-4-2-1-3-9(10)13(20)7-19-15;2*1-2;/h2-11H,1H3;1-10H,11H2;2-7H,18H2,1H3;1-6H,7,18H2;;;1H. The summed E-state index contributed by atoms with van der Waals surface area (Å²) in [5.41, 5.74) is 15.7. The maximum atomic E-state index is 12.8. The lowest BCUT2D eigenvalue weighted by molar-refractivity contribution is 0.0910. The number of nitrogen functional groups attached to an aromatic ring is 2. The number of hydrogen-bond acceptors (Lipinski definition) is 18. The Morgan fingerprint density at radius 1 is 0.351 bits per heavy atom. The number of ether oxygens (including phenoxy) is 4. The van der Waals surface area contributed by atoms with Gasteiger partial charge < -0.3 is 30.4 Å². The minimum Gasteiger partial charge on any atom is -0.436 e. The van der Waals surface area contributed by atoms with E-state index in [1.54, 1.807) is 159 Å². The molecule has 35 heteroatoms. The minimum absolute atomic E-state index is 0. The van der Waals surface area contributed by atoms with Crippen molar-refractivity contribution in [3.63, 3.8) is 0 Å². The number of aliphatic imine (C=N–C) groups is 2. The monoisotopic (exact) mass is 2100 g/mol. The van der Waals surface area contributed by atoms with Crippen molar-refractivity contribution in [3.05, 3.63) is 300 Å².